The van der Waals surface area contributed by atoms with Crippen LogP contribution in [0.25, 0.3) is 0 Å². The largest absolute Gasteiger partial charge is 0.493 e. The van der Waals surface area contributed by atoms with Crippen LogP contribution < -0.4 is 14.8 Å². The SMILES string of the molecule is COc1ccc(C[C@@]23CCN[C@H]2CC(=NOCC(=O)O)CC3)cc1OC. The summed E-state index contributed by atoms with van der Waals surface area (Å²) >= 11 is 0. The van der Waals surface area contributed by atoms with Gasteiger partial charge in [-0.15, -0.1) is 0 Å². The van der Waals surface area contributed by atoms with E-state index in [0.717, 1.165) is 55.9 Å². The summed E-state index contributed by atoms with van der Waals surface area (Å²) in [6, 6.07) is 6.45. The van der Waals surface area contributed by atoms with Gasteiger partial charge in [-0.1, -0.05) is 11.2 Å². The highest BCUT2D eigenvalue weighted by molar-refractivity contribution is 5.85. The molecular weight excluding hydrogens is 336 g/mol. The Hall–Kier alpha value is -2.28. The number of ether oxygens (including phenoxy) is 2. The van der Waals surface area contributed by atoms with Gasteiger partial charge < -0.3 is 24.7 Å². The van der Waals surface area contributed by atoms with E-state index in [2.05, 4.69) is 22.6 Å². The minimum atomic E-state index is -1.01. The van der Waals surface area contributed by atoms with Gasteiger partial charge in [-0.2, -0.15) is 0 Å². The van der Waals surface area contributed by atoms with Gasteiger partial charge in [0.2, 0.25) is 6.61 Å². The van der Waals surface area contributed by atoms with Crippen molar-refractivity contribution in [1.82, 2.24) is 5.32 Å². The third-order valence-electron chi connectivity index (χ3n) is 5.49. The van der Waals surface area contributed by atoms with Crippen molar-refractivity contribution in [3.63, 3.8) is 0 Å². The average molecular weight is 362 g/mol. The Morgan fingerprint density at radius 1 is 1.31 bits per heavy atom. The number of aliphatic carboxylic acids is 1. The summed E-state index contributed by atoms with van der Waals surface area (Å²) in [4.78, 5) is 15.5. The number of hydrogen-bond donors (Lipinski definition) is 2. The molecule has 26 heavy (non-hydrogen) atoms. The molecule has 1 heterocycles. The van der Waals surface area contributed by atoms with Gasteiger partial charge in [-0.05, 0) is 55.3 Å². The van der Waals surface area contributed by atoms with Gasteiger partial charge in [0, 0.05) is 12.5 Å². The van der Waals surface area contributed by atoms with E-state index in [1.807, 2.05) is 6.07 Å². The van der Waals surface area contributed by atoms with E-state index in [1.54, 1.807) is 14.2 Å². The normalized spacial score (nSPS) is 26.4. The molecule has 1 saturated carbocycles. The number of carboxylic acids is 1. The number of oxime groups is 1. The first kappa shape index (κ1) is 18.5. The van der Waals surface area contributed by atoms with Gasteiger partial charge in [0.25, 0.3) is 0 Å². The minimum absolute atomic E-state index is 0.186. The van der Waals surface area contributed by atoms with Crippen LogP contribution in [0.5, 0.6) is 11.5 Å². The van der Waals surface area contributed by atoms with Crippen LogP contribution in [0.2, 0.25) is 0 Å². The van der Waals surface area contributed by atoms with Gasteiger partial charge >= 0.3 is 5.97 Å². The Balaban J connectivity index is 1.71. The standard InChI is InChI=1S/C19H26N2O5/c1-24-15-4-3-13(9-16(15)25-2)11-19-6-5-14(21-26-12-18(22)23)10-17(19)20-8-7-19/h3-4,9,17,20H,5-8,10-12H2,1-2H3,(H,22,23)/t17-,19+/m0/s1. The predicted molar refractivity (Wildman–Crippen MR) is 97.0 cm³/mol. The molecule has 1 saturated heterocycles. The third-order valence-corrected chi connectivity index (χ3v) is 5.49. The quantitative estimate of drug-likeness (QED) is 0.723. The monoisotopic (exact) mass is 362 g/mol. The van der Waals surface area contributed by atoms with Crippen molar-refractivity contribution < 1.29 is 24.2 Å². The number of fused-ring (bicyclic) bond motifs is 1. The van der Waals surface area contributed by atoms with Crippen molar-refractivity contribution in [2.75, 3.05) is 27.4 Å². The molecule has 2 fully saturated rings. The zero-order valence-corrected chi connectivity index (χ0v) is 15.3. The number of hydrogen-bond acceptors (Lipinski definition) is 6. The Morgan fingerprint density at radius 3 is 2.85 bits per heavy atom. The number of nitrogens with one attached hydrogen (secondary N) is 1. The van der Waals surface area contributed by atoms with Crippen LogP contribution in [0, 0.1) is 5.41 Å². The van der Waals surface area contributed by atoms with Crippen molar-refractivity contribution in [3.05, 3.63) is 23.8 Å². The van der Waals surface area contributed by atoms with Crippen molar-refractivity contribution in [2.24, 2.45) is 10.6 Å². The summed E-state index contributed by atoms with van der Waals surface area (Å²) < 4.78 is 10.8. The van der Waals surface area contributed by atoms with Crippen LogP contribution >= 0.6 is 0 Å². The molecule has 0 aromatic heterocycles. The lowest BCUT2D eigenvalue weighted by Crippen LogP contribution is -2.44. The third kappa shape index (κ3) is 3.93. The number of nitrogens with zero attached hydrogens (tertiary/aromatic N) is 1. The molecule has 0 bridgehead atoms. The maximum Gasteiger partial charge on any atom is 0.344 e. The van der Waals surface area contributed by atoms with Crippen LogP contribution in [0.15, 0.2) is 23.4 Å². The van der Waals surface area contributed by atoms with E-state index in [0.29, 0.717) is 6.04 Å². The Bertz CT molecular complexity index is 691. The Kier molecular flexibility index (Phi) is 5.66. The maximum absolute atomic E-state index is 10.6. The van der Waals surface area contributed by atoms with E-state index in [9.17, 15) is 4.79 Å². The fraction of sp³-hybridized carbons (Fsp3) is 0.579. The number of benzene rings is 1. The molecule has 2 atom stereocenters. The number of rotatable bonds is 7. The zero-order chi connectivity index (χ0) is 18.6. The van der Waals surface area contributed by atoms with Crippen LogP contribution in [0.1, 0.15) is 31.2 Å². The van der Waals surface area contributed by atoms with Crippen molar-refractivity contribution >= 4 is 11.7 Å². The first-order valence-corrected chi connectivity index (χ1v) is 8.90. The van der Waals surface area contributed by atoms with Crippen LogP contribution in [-0.4, -0.2) is 50.2 Å². The molecule has 0 radical (unpaired) electrons. The van der Waals surface area contributed by atoms with Gasteiger partial charge in [0.05, 0.1) is 19.9 Å². The molecule has 1 aliphatic carbocycles. The second-order valence-corrected chi connectivity index (χ2v) is 7.01. The second-order valence-electron chi connectivity index (χ2n) is 7.01. The summed E-state index contributed by atoms with van der Waals surface area (Å²) in [7, 11) is 3.29. The van der Waals surface area contributed by atoms with Crippen LogP contribution in [-0.2, 0) is 16.1 Å². The lowest BCUT2D eigenvalue weighted by atomic mass is 9.67. The summed E-state index contributed by atoms with van der Waals surface area (Å²) in [5.74, 6) is 0.486. The molecule has 1 aliphatic heterocycles. The molecule has 7 nitrogen and oxygen atoms in total. The molecule has 142 valence electrons. The highest BCUT2D eigenvalue weighted by Gasteiger charge is 2.45. The van der Waals surface area contributed by atoms with Crippen molar-refractivity contribution in [1.29, 1.82) is 0 Å². The molecule has 1 aromatic carbocycles. The summed E-state index contributed by atoms with van der Waals surface area (Å²) in [6.07, 6.45) is 4.73. The highest BCUT2D eigenvalue weighted by Crippen LogP contribution is 2.45. The molecule has 7 heteroatoms. The first-order chi connectivity index (χ1) is 12.6. The molecule has 1 aromatic rings. The fourth-order valence-electron chi connectivity index (χ4n) is 4.16. The van der Waals surface area contributed by atoms with E-state index in [-0.39, 0.29) is 5.41 Å². The van der Waals surface area contributed by atoms with Crippen LogP contribution in [0.4, 0.5) is 0 Å². The molecule has 3 rings (SSSR count). The lowest BCUT2D eigenvalue weighted by molar-refractivity contribution is -0.142. The number of carbonyl (C=O) groups is 1. The molecule has 2 N–H and O–H groups in total. The molecule has 0 amide bonds. The topological polar surface area (TPSA) is 89.4 Å². The van der Waals surface area contributed by atoms with E-state index >= 15 is 0 Å². The summed E-state index contributed by atoms with van der Waals surface area (Å²) in [6.45, 7) is 0.597. The lowest BCUT2D eigenvalue weighted by Gasteiger charge is -2.39. The molecule has 0 unspecified atom stereocenters. The van der Waals surface area contributed by atoms with Gasteiger partial charge in [0.15, 0.2) is 11.5 Å². The number of methoxy groups -OCH3 is 2. The van der Waals surface area contributed by atoms with Gasteiger partial charge in [0.1, 0.15) is 0 Å². The zero-order valence-electron chi connectivity index (χ0n) is 15.3. The van der Waals surface area contributed by atoms with Crippen LogP contribution in [0.3, 0.4) is 0 Å². The maximum atomic E-state index is 10.6. The van der Waals surface area contributed by atoms with E-state index < -0.39 is 12.6 Å². The number of carboxylic acid groups (broad SMARTS) is 1. The molecule has 2 aliphatic rings. The predicted octanol–water partition coefficient (Wildman–Crippen LogP) is 2.24. The highest BCUT2D eigenvalue weighted by atomic mass is 16.6. The summed E-state index contributed by atoms with van der Waals surface area (Å²) in [5, 5.41) is 16.3. The van der Waals surface area contributed by atoms with E-state index in [4.69, 9.17) is 19.4 Å². The van der Waals surface area contributed by atoms with Crippen molar-refractivity contribution in [2.45, 2.75) is 38.1 Å². The van der Waals surface area contributed by atoms with Crippen molar-refractivity contribution in [3.8, 4) is 11.5 Å². The molecule has 0 spiro atoms. The second kappa shape index (κ2) is 7.95. The molecular formula is C19H26N2O5. The smallest absolute Gasteiger partial charge is 0.344 e. The summed E-state index contributed by atoms with van der Waals surface area (Å²) in [5.41, 5.74) is 2.36. The Morgan fingerprint density at radius 2 is 2.12 bits per heavy atom. The Labute approximate surface area is 153 Å². The minimum Gasteiger partial charge on any atom is -0.493 e. The average Bonchev–Trinajstić information content (AvgIpc) is 3.04. The fourth-order valence-corrected chi connectivity index (χ4v) is 4.16. The van der Waals surface area contributed by atoms with Gasteiger partial charge in [-0.25, -0.2) is 4.79 Å². The van der Waals surface area contributed by atoms with Gasteiger partial charge in [-0.3, -0.25) is 0 Å². The van der Waals surface area contributed by atoms with E-state index in [1.165, 1.54) is 5.56 Å². The first-order valence-electron chi connectivity index (χ1n) is 8.90.